The molecule has 7 heteroatoms. The molecule has 1 amide bonds. The number of hydrogen-bond acceptors (Lipinski definition) is 2. The van der Waals surface area contributed by atoms with Gasteiger partial charge in [0, 0.05) is 20.6 Å². The highest BCUT2D eigenvalue weighted by atomic mass is 127. The van der Waals surface area contributed by atoms with E-state index in [1.54, 1.807) is 33.2 Å². The molecule has 0 aliphatic carbocycles. The van der Waals surface area contributed by atoms with Crippen LogP contribution in [0, 0.1) is 12.7 Å². The molecule has 5 nitrogen and oxygen atoms in total. The van der Waals surface area contributed by atoms with Crippen LogP contribution >= 0.6 is 24.0 Å². The highest BCUT2D eigenvalue weighted by molar-refractivity contribution is 14.0. The monoisotopic (exact) mass is 448 g/mol. The van der Waals surface area contributed by atoms with Crippen molar-refractivity contribution in [1.82, 2.24) is 15.5 Å². The van der Waals surface area contributed by atoms with E-state index in [-0.39, 0.29) is 42.2 Å². The molecule has 0 saturated carbocycles. The van der Waals surface area contributed by atoms with Crippen LogP contribution in [0.15, 0.2) is 35.3 Å². The van der Waals surface area contributed by atoms with E-state index in [0.717, 1.165) is 11.1 Å². The number of rotatable bonds is 6. The van der Waals surface area contributed by atoms with Crippen molar-refractivity contribution in [3.63, 3.8) is 0 Å². The molecule has 24 heavy (non-hydrogen) atoms. The lowest BCUT2D eigenvalue weighted by Crippen LogP contribution is -2.43. The first-order valence-electron chi connectivity index (χ1n) is 7.41. The van der Waals surface area contributed by atoms with Crippen molar-refractivity contribution in [2.75, 3.05) is 27.2 Å². The van der Waals surface area contributed by atoms with Gasteiger partial charge in [0.25, 0.3) is 0 Å². The van der Waals surface area contributed by atoms with Crippen LogP contribution in [0.3, 0.4) is 0 Å². The van der Waals surface area contributed by atoms with E-state index in [4.69, 9.17) is 0 Å². The molecule has 0 atom stereocenters. The first-order chi connectivity index (χ1) is 10.8. The van der Waals surface area contributed by atoms with Crippen LogP contribution in [0.25, 0.3) is 0 Å². The molecular weight excluding hydrogens is 422 g/mol. The van der Waals surface area contributed by atoms with E-state index >= 15 is 0 Å². The summed E-state index contributed by atoms with van der Waals surface area (Å²) in [6.45, 7) is 8.55. The number of nitrogens with zero attached hydrogens (tertiary/aromatic N) is 2. The molecule has 0 radical (unpaired) electrons. The number of carbonyl (C=O) groups is 1. The SMILES string of the molecule is C=C(C)CNC(=NCc1ccc(F)c(C)c1)NCC(=O)N(C)C.I. The first-order valence-corrected chi connectivity index (χ1v) is 7.41. The summed E-state index contributed by atoms with van der Waals surface area (Å²) < 4.78 is 13.3. The molecular formula is C17H26FIN4O. The fourth-order valence-corrected chi connectivity index (χ4v) is 1.70. The van der Waals surface area contributed by atoms with Crippen LogP contribution in [0.1, 0.15) is 18.1 Å². The second-order valence-corrected chi connectivity index (χ2v) is 5.70. The predicted octanol–water partition coefficient (Wildman–Crippen LogP) is 2.45. The van der Waals surface area contributed by atoms with Crippen molar-refractivity contribution in [1.29, 1.82) is 0 Å². The quantitative estimate of drug-likeness (QED) is 0.304. The van der Waals surface area contributed by atoms with Crippen LogP contribution in [0.2, 0.25) is 0 Å². The summed E-state index contributed by atoms with van der Waals surface area (Å²) in [7, 11) is 3.40. The fraction of sp³-hybridized carbons (Fsp3) is 0.412. The van der Waals surface area contributed by atoms with Gasteiger partial charge in [0.1, 0.15) is 5.82 Å². The summed E-state index contributed by atoms with van der Waals surface area (Å²) in [6, 6.07) is 4.90. The van der Waals surface area contributed by atoms with Gasteiger partial charge in [-0.05, 0) is 31.0 Å². The lowest BCUT2D eigenvalue weighted by atomic mass is 10.1. The Kier molecular flexibility index (Phi) is 10.3. The summed E-state index contributed by atoms with van der Waals surface area (Å²) in [5.41, 5.74) is 2.44. The Morgan fingerprint density at radius 3 is 2.46 bits per heavy atom. The Hall–Kier alpha value is -1.64. The van der Waals surface area contributed by atoms with Crippen LogP contribution in [0.4, 0.5) is 4.39 Å². The topological polar surface area (TPSA) is 56.7 Å². The predicted molar refractivity (Wildman–Crippen MR) is 107 cm³/mol. The molecule has 0 heterocycles. The number of halogens is 2. The largest absolute Gasteiger partial charge is 0.353 e. The maximum atomic E-state index is 13.3. The van der Waals surface area contributed by atoms with Gasteiger partial charge in [-0.25, -0.2) is 9.38 Å². The van der Waals surface area contributed by atoms with Gasteiger partial charge in [-0.3, -0.25) is 4.79 Å². The zero-order valence-electron chi connectivity index (χ0n) is 14.6. The third-order valence-electron chi connectivity index (χ3n) is 3.11. The van der Waals surface area contributed by atoms with Gasteiger partial charge in [0.15, 0.2) is 5.96 Å². The molecule has 2 N–H and O–H groups in total. The number of likely N-dealkylation sites (N-methyl/N-ethyl adjacent to an activating group) is 1. The van der Waals surface area contributed by atoms with E-state index in [2.05, 4.69) is 22.2 Å². The average Bonchev–Trinajstić information content (AvgIpc) is 2.49. The summed E-state index contributed by atoms with van der Waals surface area (Å²) in [5, 5.41) is 6.09. The Morgan fingerprint density at radius 1 is 1.29 bits per heavy atom. The number of aryl methyl sites for hydroxylation is 1. The molecule has 1 rings (SSSR count). The second-order valence-electron chi connectivity index (χ2n) is 5.70. The molecule has 1 aromatic rings. The zero-order chi connectivity index (χ0) is 17.4. The first kappa shape index (κ1) is 22.4. The number of amides is 1. The minimum atomic E-state index is -0.229. The van der Waals surface area contributed by atoms with E-state index in [1.165, 1.54) is 11.0 Å². The molecule has 0 aliphatic heterocycles. The molecule has 1 aromatic carbocycles. The average molecular weight is 448 g/mol. The smallest absolute Gasteiger partial charge is 0.241 e. The number of carbonyl (C=O) groups excluding carboxylic acids is 1. The van der Waals surface area contributed by atoms with Crippen LogP contribution < -0.4 is 10.6 Å². The van der Waals surface area contributed by atoms with Crippen molar-refractivity contribution < 1.29 is 9.18 Å². The van der Waals surface area contributed by atoms with Gasteiger partial charge >= 0.3 is 0 Å². The maximum Gasteiger partial charge on any atom is 0.241 e. The Balaban J connectivity index is 0.00000529. The zero-order valence-corrected chi connectivity index (χ0v) is 17.0. The maximum absolute atomic E-state index is 13.3. The van der Waals surface area contributed by atoms with Gasteiger partial charge in [-0.15, -0.1) is 24.0 Å². The standard InChI is InChI=1S/C17H25FN4O.HI/c1-12(2)9-19-17(21-11-16(23)22(4)5)20-10-14-6-7-15(18)13(3)8-14;/h6-8H,1,9-11H2,2-5H3,(H2,19,20,21);1H. The fourth-order valence-electron chi connectivity index (χ4n) is 1.70. The highest BCUT2D eigenvalue weighted by Crippen LogP contribution is 2.10. The number of aliphatic imine (C=N–C) groups is 1. The van der Waals surface area contributed by atoms with Crippen LogP contribution in [-0.4, -0.2) is 44.0 Å². The second kappa shape index (κ2) is 11.0. The van der Waals surface area contributed by atoms with Gasteiger partial charge < -0.3 is 15.5 Å². The van der Waals surface area contributed by atoms with Crippen LogP contribution in [-0.2, 0) is 11.3 Å². The molecule has 0 unspecified atom stereocenters. The Bertz CT molecular complexity index is 602. The van der Waals surface area contributed by atoms with Crippen molar-refractivity contribution >= 4 is 35.8 Å². The third kappa shape index (κ3) is 8.28. The van der Waals surface area contributed by atoms with Crippen molar-refractivity contribution in [2.45, 2.75) is 20.4 Å². The molecule has 0 saturated heterocycles. The van der Waals surface area contributed by atoms with E-state index in [9.17, 15) is 9.18 Å². The van der Waals surface area contributed by atoms with E-state index < -0.39 is 0 Å². The van der Waals surface area contributed by atoms with Gasteiger partial charge in [-0.2, -0.15) is 0 Å². The molecule has 0 aliphatic rings. The lowest BCUT2D eigenvalue weighted by Gasteiger charge is -2.15. The molecule has 0 fully saturated rings. The van der Waals surface area contributed by atoms with Gasteiger partial charge in [-0.1, -0.05) is 24.3 Å². The number of nitrogens with one attached hydrogen (secondary N) is 2. The van der Waals surface area contributed by atoms with Crippen molar-refractivity contribution in [2.24, 2.45) is 4.99 Å². The molecule has 0 bridgehead atoms. The number of hydrogen-bond donors (Lipinski definition) is 2. The molecule has 0 aromatic heterocycles. The normalized spacial score (nSPS) is 10.6. The number of guanidine groups is 1. The minimum Gasteiger partial charge on any atom is -0.353 e. The summed E-state index contributed by atoms with van der Waals surface area (Å²) >= 11 is 0. The molecule has 134 valence electrons. The van der Waals surface area contributed by atoms with Gasteiger partial charge in [0.2, 0.25) is 5.91 Å². The van der Waals surface area contributed by atoms with E-state index in [0.29, 0.717) is 24.6 Å². The Labute approximate surface area is 160 Å². The summed E-state index contributed by atoms with van der Waals surface area (Å²) in [4.78, 5) is 17.6. The molecule has 0 spiro atoms. The van der Waals surface area contributed by atoms with E-state index in [1.807, 2.05) is 6.92 Å². The van der Waals surface area contributed by atoms with Crippen LogP contribution in [0.5, 0.6) is 0 Å². The Morgan fingerprint density at radius 2 is 1.92 bits per heavy atom. The summed E-state index contributed by atoms with van der Waals surface area (Å²) in [5.74, 6) is 0.241. The lowest BCUT2D eigenvalue weighted by molar-refractivity contribution is -0.127. The minimum absolute atomic E-state index is 0. The van der Waals surface area contributed by atoms with Gasteiger partial charge in [0.05, 0.1) is 13.1 Å². The number of benzene rings is 1. The van der Waals surface area contributed by atoms with Crippen molar-refractivity contribution in [3.05, 3.63) is 47.3 Å². The summed E-state index contributed by atoms with van der Waals surface area (Å²) in [6.07, 6.45) is 0. The van der Waals surface area contributed by atoms with Crippen molar-refractivity contribution in [3.8, 4) is 0 Å². The highest BCUT2D eigenvalue weighted by Gasteiger charge is 2.06. The third-order valence-corrected chi connectivity index (χ3v) is 3.11.